The lowest BCUT2D eigenvalue weighted by Crippen LogP contribution is -2.48. The molecule has 0 N–H and O–H groups in total. The molecule has 1 aromatic carbocycles. The summed E-state index contributed by atoms with van der Waals surface area (Å²) >= 11 is 0. The first-order valence-corrected chi connectivity index (χ1v) is 8.00. The number of amides is 1. The van der Waals surface area contributed by atoms with Gasteiger partial charge >= 0.3 is 12.1 Å². The number of piperidine rings is 1. The van der Waals surface area contributed by atoms with Gasteiger partial charge in [-0.15, -0.1) is 0 Å². The van der Waals surface area contributed by atoms with Crippen LogP contribution >= 0.6 is 0 Å². The fourth-order valence-corrected chi connectivity index (χ4v) is 2.87. The van der Waals surface area contributed by atoms with Crippen LogP contribution in [0.4, 0.5) is 4.79 Å². The maximum absolute atomic E-state index is 12.6. The average Bonchev–Trinajstić information content (AvgIpc) is 2.45. The first-order valence-electron chi connectivity index (χ1n) is 8.00. The van der Waals surface area contributed by atoms with E-state index in [1.807, 2.05) is 51.1 Å². The molecule has 5 nitrogen and oxygen atoms in total. The molecule has 0 saturated carbocycles. The Kier molecular flexibility index (Phi) is 5.29. The molecule has 1 saturated heterocycles. The second kappa shape index (κ2) is 7.02. The molecule has 1 aliphatic rings. The number of hydrogen-bond donors (Lipinski definition) is 0. The predicted octanol–water partition coefficient (Wildman–Crippen LogP) is 3.69. The molecule has 0 bridgehead atoms. The van der Waals surface area contributed by atoms with Crippen molar-refractivity contribution >= 4 is 12.1 Å². The Balaban J connectivity index is 2.30. The highest BCUT2D eigenvalue weighted by Gasteiger charge is 2.39. The molecule has 5 heteroatoms. The summed E-state index contributed by atoms with van der Waals surface area (Å²) in [6.07, 6.45) is 0.790. The molecule has 2 rings (SSSR count). The summed E-state index contributed by atoms with van der Waals surface area (Å²) < 4.78 is 11.0. The maximum atomic E-state index is 12.6. The lowest BCUT2D eigenvalue weighted by Gasteiger charge is -2.41. The Labute approximate surface area is 137 Å². The van der Waals surface area contributed by atoms with Crippen molar-refractivity contribution in [3.63, 3.8) is 0 Å². The molecule has 0 aromatic heterocycles. The number of benzene rings is 1. The van der Waals surface area contributed by atoms with Crippen LogP contribution in [0.2, 0.25) is 0 Å². The molecule has 0 unspecified atom stereocenters. The van der Waals surface area contributed by atoms with Gasteiger partial charge in [-0.3, -0.25) is 9.69 Å². The second-order valence-electron chi connectivity index (χ2n) is 6.82. The molecule has 1 amide bonds. The number of hydrogen-bond acceptors (Lipinski definition) is 4. The van der Waals surface area contributed by atoms with E-state index in [0.717, 1.165) is 18.4 Å². The SMILES string of the molecule is CC(=O)O[C@H]1CCCN(C(=O)OC(C)(C)C)[C@H]1c1ccccc1. The number of rotatable bonds is 2. The van der Waals surface area contributed by atoms with E-state index < -0.39 is 5.60 Å². The molecule has 2 atom stereocenters. The fraction of sp³-hybridized carbons (Fsp3) is 0.556. The summed E-state index contributed by atoms with van der Waals surface area (Å²) in [6, 6.07) is 9.34. The van der Waals surface area contributed by atoms with Crippen LogP contribution < -0.4 is 0 Å². The van der Waals surface area contributed by atoms with Crippen molar-refractivity contribution < 1.29 is 19.1 Å². The largest absolute Gasteiger partial charge is 0.460 e. The standard InChI is InChI=1S/C18H25NO4/c1-13(20)22-15-11-8-12-19(17(21)23-18(2,3)4)16(15)14-9-6-5-7-10-14/h5-7,9-10,15-16H,8,11-12H2,1-4H3/t15-,16-/m0/s1. The van der Waals surface area contributed by atoms with Gasteiger partial charge < -0.3 is 9.47 Å². The van der Waals surface area contributed by atoms with Crippen LogP contribution in [0.15, 0.2) is 30.3 Å². The number of likely N-dealkylation sites (tertiary alicyclic amines) is 1. The Bertz CT molecular complexity index is 550. The minimum absolute atomic E-state index is 0.316. The number of carbonyl (C=O) groups is 2. The third-order valence-corrected chi connectivity index (χ3v) is 3.66. The zero-order valence-electron chi connectivity index (χ0n) is 14.2. The van der Waals surface area contributed by atoms with E-state index in [4.69, 9.17) is 9.47 Å². The summed E-state index contributed by atoms with van der Waals surface area (Å²) in [5.41, 5.74) is 0.386. The van der Waals surface area contributed by atoms with Crippen LogP contribution in [-0.2, 0) is 14.3 Å². The Hall–Kier alpha value is -2.04. The van der Waals surface area contributed by atoms with Crippen molar-refractivity contribution in [3.8, 4) is 0 Å². The van der Waals surface area contributed by atoms with E-state index in [2.05, 4.69) is 0 Å². The first kappa shape index (κ1) is 17.3. The summed E-state index contributed by atoms with van der Waals surface area (Å²) in [5, 5.41) is 0. The van der Waals surface area contributed by atoms with E-state index in [0.29, 0.717) is 6.54 Å². The Morgan fingerprint density at radius 3 is 2.39 bits per heavy atom. The van der Waals surface area contributed by atoms with Gasteiger partial charge in [0.25, 0.3) is 0 Å². The van der Waals surface area contributed by atoms with Gasteiger partial charge in [-0.05, 0) is 39.2 Å². The van der Waals surface area contributed by atoms with Crippen molar-refractivity contribution in [2.24, 2.45) is 0 Å². The van der Waals surface area contributed by atoms with Gasteiger partial charge in [-0.2, -0.15) is 0 Å². The van der Waals surface area contributed by atoms with E-state index in [-0.39, 0.29) is 24.2 Å². The van der Waals surface area contributed by atoms with Gasteiger partial charge in [0.1, 0.15) is 11.7 Å². The molecule has 1 aromatic rings. The molecule has 23 heavy (non-hydrogen) atoms. The number of carbonyl (C=O) groups excluding carboxylic acids is 2. The summed E-state index contributed by atoms with van der Waals surface area (Å²) in [6.45, 7) is 7.52. The fourth-order valence-electron chi connectivity index (χ4n) is 2.87. The van der Waals surface area contributed by atoms with Crippen LogP contribution in [0.1, 0.15) is 52.1 Å². The number of nitrogens with zero attached hydrogens (tertiary/aromatic N) is 1. The van der Waals surface area contributed by atoms with E-state index >= 15 is 0 Å². The minimum Gasteiger partial charge on any atom is -0.460 e. The van der Waals surface area contributed by atoms with Gasteiger partial charge in [0.2, 0.25) is 0 Å². The third kappa shape index (κ3) is 4.71. The second-order valence-corrected chi connectivity index (χ2v) is 6.82. The smallest absolute Gasteiger partial charge is 0.410 e. The minimum atomic E-state index is -0.563. The molecule has 0 radical (unpaired) electrons. The van der Waals surface area contributed by atoms with E-state index in [9.17, 15) is 9.59 Å². The zero-order valence-corrected chi connectivity index (χ0v) is 14.2. The van der Waals surface area contributed by atoms with Crippen molar-refractivity contribution in [1.29, 1.82) is 0 Å². The molecule has 1 fully saturated rings. The predicted molar refractivity (Wildman–Crippen MR) is 86.9 cm³/mol. The molecular weight excluding hydrogens is 294 g/mol. The molecular formula is C18H25NO4. The summed E-state index contributed by atoms with van der Waals surface area (Å²) in [7, 11) is 0. The Morgan fingerprint density at radius 1 is 1.17 bits per heavy atom. The van der Waals surface area contributed by atoms with Crippen LogP contribution in [0.3, 0.4) is 0 Å². The highest BCUT2D eigenvalue weighted by Crippen LogP contribution is 2.34. The topological polar surface area (TPSA) is 55.8 Å². The lowest BCUT2D eigenvalue weighted by atomic mass is 9.92. The van der Waals surface area contributed by atoms with Gasteiger partial charge in [0.05, 0.1) is 6.04 Å². The quantitative estimate of drug-likeness (QED) is 0.780. The first-order chi connectivity index (χ1) is 10.8. The van der Waals surface area contributed by atoms with Gasteiger partial charge in [0, 0.05) is 13.5 Å². The third-order valence-electron chi connectivity index (χ3n) is 3.66. The molecule has 1 aliphatic heterocycles. The maximum Gasteiger partial charge on any atom is 0.410 e. The highest BCUT2D eigenvalue weighted by atomic mass is 16.6. The monoisotopic (exact) mass is 319 g/mol. The van der Waals surface area contributed by atoms with Crippen LogP contribution in [0.25, 0.3) is 0 Å². The van der Waals surface area contributed by atoms with Crippen LogP contribution in [0, 0.1) is 0 Å². The van der Waals surface area contributed by atoms with Gasteiger partial charge in [-0.25, -0.2) is 4.79 Å². The van der Waals surface area contributed by atoms with Crippen molar-refractivity contribution in [2.75, 3.05) is 6.54 Å². The van der Waals surface area contributed by atoms with Crippen LogP contribution in [-0.4, -0.2) is 35.2 Å². The zero-order chi connectivity index (χ0) is 17.0. The number of esters is 1. The lowest BCUT2D eigenvalue weighted by molar-refractivity contribution is -0.152. The number of ether oxygens (including phenoxy) is 2. The van der Waals surface area contributed by atoms with Gasteiger partial charge in [0.15, 0.2) is 0 Å². The van der Waals surface area contributed by atoms with Crippen molar-refractivity contribution in [1.82, 2.24) is 4.90 Å². The van der Waals surface area contributed by atoms with Crippen molar-refractivity contribution in [2.45, 2.75) is 58.3 Å². The van der Waals surface area contributed by atoms with Gasteiger partial charge in [-0.1, -0.05) is 30.3 Å². The molecule has 1 heterocycles. The average molecular weight is 319 g/mol. The van der Waals surface area contributed by atoms with Crippen LogP contribution in [0.5, 0.6) is 0 Å². The normalized spacial score (nSPS) is 21.7. The summed E-state index contributed by atoms with van der Waals surface area (Å²) in [5.74, 6) is -0.332. The van der Waals surface area contributed by atoms with E-state index in [1.54, 1.807) is 4.90 Å². The Morgan fingerprint density at radius 2 is 1.83 bits per heavy atom. The highest BCUT2D eigenvalue weighted by molar-refractivity contribution is 5.70. The molecule has 126 valence electrons. The molecule has 0 aliphatic carbocycles. The summed E-state index contributed by atoms with van der Waals surface area (Å²) in [4.78, 5) is 25.7. The van der Waals surface area contributed by atoms with Crippen molar-refractivity contribution in [3.05, 3.63) is 35.9 Å². The molecule has 0 spiro atoms. The van der Waals surface area contributed by atoms with E-state index in [1.165, 1.54) is 6.92 Å².